The zero-order valence-corrected chi connectivity index (χ0v) is 12.1. The number of rotatable bonds is 3. The molecule has 1 atom stereocenters. The molecule has 0 aliphatic carbocycles. The van der Waals surface area contributed by atoms with Gasteiger partial charge in [0.05, 0.1) is 6.42 Å². The Morgan fingerprint density at radius 2 is 1.90 bits per heavy atom. The highest BCUT2D eigenvalue weighted by molar-refractivity contribution is 5.88. The lowest BCUT2D eigenvalue weighted by atomic mass is 9.88. The minimum Gasteiger partial charge on any atom is -0.480 e. The van der Waals surface area contributed by atoms with Gasteiger partial charge in [-0.25, -0.2) is 4.79 Å². The highest BCUT2D eigenvalue weighted by atomic mass is 16.4. The Hall–Kier alpha value is -1.84. The van der Waals surface area contributed by atoms with Gasteiger partial charge in [-0.3, -0.25) is 4.79 Å². The van der Waals surface area contributed by atoms with Crippen LogP contribution in [0.25, 0.3) is 0 Å². The lowest BCUT2D eigenvalue weighted by Gasteiger charge is -2.41. The summed E-state index contributed by atoms with van der Waals surface area (Å²) in [4.78, 5) is 25.5. The first-order valence-corrected chi connectivity index (χ1v) is 7.03. The Bertz CT molecular complexity index is 509. The Balaban J connectivity index is 2.14. The van der Waals surface area contributed by atoms with Crippen LogP contribution in [0.1, 0.15) is 37.3 Å². The molecule has 2 rings (SSSR count). The minimum absolute atomic E-state index is 0.0987. The van der Waals surface area contributed by atoms with E-state index in [0.29, 0.717) is 13.0 Å². The van der Waals surface area contributed by atoms with Gasteiger partial charge in [0, 0.05) is 6.54 Å². The van der Waals surface area contributed by atoms with Crippen LogP contribution >= 0.6 is 0 Å². The van der Waals surface area contributed by atoms with E-state index in [1.807, 2.05) is 31.2 Å². The zero-order chi connectivity index (χ0) is 14.8. The molecule has 1 N–H and O–H groups in total. The van der Waals surface area contributed by atoms with Crippen LogP contribution in [0.4, 0.5) is 0 Å². The molecule has 0 saturated carbocycles. The van der Waals surface area contributed by atoms with Crippen molar-refractivity contribution < 1.29 is 14.7 Å². The van der Waals surface area contributed by atoms with E-state index in [-0.39, 0.29) is 12.3 Å². The summed E-state index contributed by atoms with van der Waals surface area (Å²) >= 11 is 0. The van der Waals surface area contributed by atoms with Crippen LogP contribution in [-0.2, 0) is 16.0 Å². The van der Waals surface area contributed by atoms with Gasteiger partial charge in [-0.2, -0.15) is 0 Å². The van der Waals surface area contributed by atoms with Crippen molar-refractivity contribution in [1.29, 1.82) is 0 Å². The molecule has 0 spiro atoms. The summed E-state index contributed by atoms with van der Waals surface area (Å²) in [5.74, 6) is -1.01. The molecule has 1 saturated heterocycles. The Kier molecular flexibility index (Phi) is 4.12. The number of aryl methyl sites for hydroxylation is 1. The fourth-order valence-corrected chi connectivity index (χ4v) is 2.72. The summed E-state index contributed by atoms with van der Waals surface area (Å²) < 4.78 is 0. The highest BCUT2D eigenvalue weighted by Crippen LogP contribution is 2.29. The number of carbonyl (C=O) groups excluding carboxylic acids is 1. The first kappa shape index (κ1) is 14.6. The van der Waals surface area contributed by atoms with Crippen LogP contribution < -0.4 is 0 Å². The molecule has 4 heteroatoms. The van der Waals surface area contributed by atoms with Crippen LogP contribution in [0, 0.1) is 6.92 Å². The van der Waals surface area contributed by atoms with E-state index in [2.05, 4.69) is 0 Å². The summed E-state index contributed by atoms with van der Waals surface area (Å²) in [6.45, 7) is 4.19. The van der Waals surface area contributed by atoms with Crippen LogP contribution in [0.5, 0.6) is 0 Å². The standard InChI is InChI=1S/C16H21NO3/c1-12-5-7-13(8-6-12)11-14(18)17-10-4-3-9-16(17,2)15(19)20/h5-8H,3-4,9-11H2,1-2H3,(H,19,20). The van der Waals surface area contributed by atoms with Gasteiger partial charge in [-0.1, -0.05) is 29.8 Å². The maximum atomic E-state index is 12.4. The molecule has 0 aromatic heterocycles. The van der Waals surface area contributed by atoms with Crippen molar-refractivity contribution in [2.75, 3.05) is 6.54 Å². The van der Waals surface area contributed by atoms with E-state index < -0.39 is 11.5 Å². The number of piperidine rings is 1. The third-order valence-corrected chi connectivity index (χ3v) is 4.13. The van der Waals surface area contributed by atoms with Gasteiger partial charge < -0.3 is 10.0 Å². The average molecular weight is 275 g/mol. The third-order valence-electron chi connectivity index (χ3n) is 4.13. The number of likely N-dealkylation sites (tertiary alicyclic amines) is 1. The van der Waals surface area contributed by atoms with Gasteiger partial charge in [0.15, 0.2) is 0 Å². The van der Waals surface area contributed by atoms with Gasteiger partial charge in [0.2, 0.25) is 5.91 Å². The number of nitrogens with zero attached hydrogens (tertiary/aromatic N) is 1. The van der Waals surface area contributed by atoms with Crippen molar-refractivity contribution >= 4 is 11.9 Å². The molecule has 1 fully saturated rings. The Morgan fingerprint density at radius 3 is 2.50 bits per heavy atom. The number of amides is 1. The van der Waals surface area contributed by atoms with E-state index >= 15 is 0 Å². The van der Waals surface area contributed by atoms with Crippen LogP contribution in [0.3, 0.4) is 0 Å². The minimum atomic E-state index is -1.06. The van der Waals surface area contributed by atoms with Crippen molar-refractivity contribution in [2.45, 2.75) is 45.1 Å². The molecule has 1 aliphatic heterocycles. The monoisotopic (exact) mass is 275 g/mol. The van der Waals surface area contributed by atoms with Gasteiger partial charge in [0.1, 0.15) is 5.54 Å². The maximum Gasteiger partial charge on any atom is 0.329 e. The van der Waals surface area contributed by atoms with Crippen molar-refractivity contribution in [3.8, 4) is 0 Å². The fourth-order valence-electron chi connectivity index (χ4n) is 2.72. The smallest absolute Gasteiger partial charge is 0.329 e. The number of hydrogen-bond donors (Lipinski definition) is 1. The van der Waals surface area contributed by atoms with E-state index in [0.717, 1.165) is 24.0 Å². The van der Waals surface area contributed by atoms with Crippen LogP contribution in [0.15, 0.2) is 24.3 Å². The molecule has 108 valence electrons. The molecule has 1 unspecified atom stereocenters. The largest absolute Gasteiger partial charge is 0.480 e. The summed E-state index contributed by atoms with van der Waals surface area (Å²) in [5, 5.41) is 9.43. The van der Waals surface area contributed by atoms with E-state index in [4.69, 9.17) is 0 Å². The molecule has 0 bridgehead atoms. The number of carbonyl (C=O) groups is 2. The number of carboxylic acids is 1. The first-order chi connectivity index (χ1) is 9.43. The molecule has 1 amide bonds. The molecule has 1 aliphatic rings. The normalized spacial score (nSPS) is 22.6. The molecule has 1 aromatic rings. The van der Waals surface area contributed by atoms with Crippen molar-refractivity contribution in [3.05, 3.63) is 35.4 Å². The van der Waals surface area contributed by atoms with Crippen molar-refractivity contribution in [2.24, 2.45) is 0 Å². The van der Waals surface area contributed by atoms with E-state index in [1.165, 1.54) is 0 Å². The lowest BCUT2D eigenvalue weighted by Crippen LogP contribution is -2.57. The molecule has 4 nitrogen and oxygen atoms in total. The van der Waals surface area contributed by atoms with Crippen molar-refractivity contribution in [1.82, 2.24) is 4.90 Å². The zero-order valence-electron chi connectivity index (χ0n) is 12.1. The predicted molar refractivity (Wildman–Crippen MR) is 76.5 cm³/mol. The van der Waals surface area contributed by atoms with Gasteiger partial charge in [0.25, 0.3) is 0 Å². The second-order valence-corrected chi connectivity index (χ2v) is 5.74. The predicted octanol–water partition coefficient (Wildman–Crippen LogP) is 2.39. The van der Waals surface area contributed by atoms with E-state index in [9.17, 15) is 14.7 Å². The molecule has 1 aromatic carbocycles. The summed E-state index contributed by atoms with van der Waals surface area (Å²) in [7, 11) is 0. The number of benzene rings is 1. The molecular weight excluding hydrogens is 254 g/mol. The highest BCUT2D eigenvalue weighted by Gasteiger charge is 2.43. The number of carboxylic acid groups (broad SMARTS) is 1. The Morgan fingerprint density at radius 1 is 1.25 bits per heavy atom. The van der Waals surface area contributed by atoms with Gasteiger partial charge in [-0.05, 0) is 38.7 Å². The van der Waals surface area contributed by atoms with E-state index in [1.54, 1.807) is 11.8 Å². The lowest BCUT2D eigenvalue weighted by molar-refractivity contribution is -0.160. The molecule has 1 heterocycles. The second kappa shape index (κ2) is 5.65. The number of aliphatic carboxylic acids is 1. The average Bonchev–Trinajstić information content (AvgIpc) is 2.41. The van der Waals surface area contributed by atoms with Crippen LogP contribution in [0.2, 0.25) is 0 Å². The summed E-state index contributed by atoms with van der Waals surface area (Å²) in [6, 6.07) is 7.79. The van der Waals surface area contributed by atoms with Crippen LogP contribution in [-0.4, -0.2) is 34.0 Å². The SMILES string of the molecule is Cc1ccc(CC(=O)N2CCCCC2(C)C(=O)O)cc1. The topological polar surface area (TPSA) is 57.6 Å². The maximum absolute atomic E-state index is 12.4. The molecule has 0 radical (unpaired) electrons. The third kappa shape index (κ3) is 2.84. The summed E-state index contributed by atoms with van der Waals surface area (Å²) in [6.07, 6.45) is 2.53. The fraction of sp³-hybridized carbons (Fsp3) is 0.500. The number of hydrogen-bond acceptors (Lipinski definition) is 2. The van der Waals surface area contributed by atoms with Gasteiger partial charge >= 0.3 is 5.97 Å². The first-order valence-electron chi connectivity index (χ1n) is 7.03. The molecular formula is C16H21NO3. The Labute approximate surface area is 119 Å². The molecule has 20 heavy (non-hydrogen) atoms. The van der Waals surface area contributed by atoms with Gasteiger partial charge in [-0.15, -0.1) is 0 Å². The quantitative estimate of drug-likeness (QED) is 0.921. The van der Waals surface area contributed by atoms with Crippen molar-refractivity contribution in [3.63, 3.8) is 0 Å². The summed E-state index contributed by atoms with van der Waals surface area (Å²) in [5.41, 5.74) is 1.02. The second-order valence-electron chi connectivity index (χ2n) is 5.74.